The topological polar surface area (TPSA) is 135 Å². The molecule has 9 nitrogen and oxygen atoms in total. The third-order valence-corrected chi connectivity index (χ3v) is 4.49. The van der Waals surface area contributed by atoms with Crippen LogP contribution in [-0.2, 0) is 0 Å². The van der Waals surface area contributed by atoms with Crippen molar-refractivity contribution in [3.63, 3.8) is 0 Å². The number of nitriles is 1. The minimum Gasteiger partial charge on any atom is -0.493 e. The zero-order valence-electron chi connectivity index (χ0n) is 13.1. The largest absolute Gasteiger partial charge is 0.493 e. The number of aromatic hydroxyl groups is 1. The van der Waals surface area contributed by atoms with E-state index in [-0.39, 0.29) is 17.6 Å². The Kier molecular flexibility index (Phi) is 3.58. The van der Waals surface area contributed by atoms with Crippen molar-refractivity contribution in [3.05, 3.63) is 38.6 Å². The molecule has 3 aromatic heterocycles. The molecule has 0 aliphatic heterocycles. The molecular formula is C15H13N7O2S. The minimum absolute atomic E-state index is 0.217. The molecule has 1 saturated carbocycles. The average Bonchev–Trinajstić information content (AvgIpc) is 3.24. The van der Waals surface area contributed by atoms with Crippen LogP contribution in [-0.4, -0.2) is 42.0 Å². The zero-order valence-corrected chi connectivity index (χ0v) is 14.0. The number of thioether (sulfide) groups is 1. The van der Waals surface area contributed by atoms with Crippen LogP contribution in [0.1, 0.15) is 24.1 Å². The summed E-state index contributed by atoms with van der Waals surface area (Å²) in [7, 11) is 0. The third kappa shape index (κ3) is 2.68. The van der Waals surface area contributed by atoms with Gasteiger partial charge in [-0.2, -0.15) is 14.9 Å². The smallest absolute Gasteiger partial charge is 0.326 e. The first-order chi connectivity index (χ1) is 12.1. The first-order valence-electron chi connectivity index (χ1n) is 7.53. The van der Waals surface area contributed by atoms with Crippen molar-refractivity contribution in [3.8, 4) is 11.9 Å². The van der Waals surface area contributed by atoms with Gasteiger partial charge in [-0.05, 0) is 25.2 Å². The van der Waals surface area contributed by atoms with Gasteiger partial charge in [-0.3, -0.25) is 9.98 Å². The molecule has 0 saturated heterocycles. The number of rotatable bonds is 3. The van der Waals surface area contributed by atoms with Gasteiger partial charge >= 0.3 is 5.69 Å². The number of aromatic nitrogens is 5. The number of nitrogens with zero attached hydrogens (tertiary/aromatic N) is 5. The molecule has 3 aromatic rings. The summed E-state index contributed by atoms with van der Waals surface area (Å²) < 4.78 is 1.53. The fraction of sp³-hybridized carbons (Fsp3) is 0.267. The molecule has 25 heavy (non-hydrogen) atoms. The van der Waals surface area contributed by atoms with Gasteiger partial charge in [0.1, 0.15) is 22.4 Å². The molecule has 1 fully saturated rings. The SMILES string of the molecule is CSc1nc2c(=Cc3[nH]c(=O)[nH]c3O)cnn2c(=NC2CC2)c1C#N. The van der Waals surface area contributed by atoms with Gasteiger partial charge in [-0.1, -0.05) is 0 Å². The van der Waals surface area contributed by atoms with Crippen LogP contribution < -0.4 is 16.4 Å². The monoisotopic (exact) mass is 355 g/mol. The van der Waals surface area contributed by atoms with Gasteiger partial charge in [0, 0.05) is 5.22 Å². The highest BCUT2D eigenvalue weighted by molar-refractivity contribution is 7.98. The second kappa shape index (κ2) is 5.78. The molecule has 0 bridgehead atoms. The summed E-state index contributed by atoms with van der Waals surface area (Å²) in [5.74, 6) is -0.258. The van der Waals surface area contributed by atoms with Gasteiger partial charge in [-0.15, -0.1) is 11.8 Å². The summed E-state index contributed by atoms with van der Waals surface area (Å²) >= 11 is 1.36. The van der Waals surface area contributed by atoms with Crippen molar-refractivity contribution in [2.75, 3.05) is 6.26 Å². The van der Waals surface area contributed by atoms with Crippen LogP contribution in [0.5, 0.6) is 5.88 Å². The fourth-order valence-corrected chi connectivity index (χ4v) is 2.98. The van der Waals surface area contributed by atoms with E-state index in [9.17, 15) is 15.2 Å². The molecule has 0 aromatic carbocycles. The Morgan fingerprint density at radius 2 is 2.32 bits per heavy atom. The summed E-state index contributed by atoms with van der Waals surface area (Å²) in [5.41, 5.74) is 1.13. The number of nitrogens with one attached hydrogen (secondary N) is 2. The standard InChI is InChI=1S/C15H13N7O2S/c1-25-14-9(5-16)12(18-8-2-3-8)22-11(20-14)7(6-17-22)4-10-13(23)21-15(24)19-10/h4,6,8,23H,2-3H2,1H3,(H2,19,21,24). The quantitative estimate of drug-likeness (QED) is 0.434. The van der Waals surface area contributed by atoms with Crippen molar-refractivity contribution in [2.24, 2.45) is 4.99 Å². The second-order valence-corrected chi connectivity index (χ2v) is 6.41. The van der Waals surface area contributed by atoms with E-state index in [1.54, 1.807) is 12.3 Å². The van der Waals surface area contributed by atoms with Crippen molar-refractivity contribution in [2.45, 2.75) is 23.9 Å². The summed E-state index contributed by atoms with van der Waals surface area (Å²) in [6, 6.07) is 2.39. The number of hydrogen-bond donors (Lipinski definition) is 3. The first-order valence-corrected chi connectivity index (χ1v) is 8.76. The van der Waals surface area contributed by atoms with E-state index in [0.717, 1.165) is 12.8 Å². The average molecular weight is 355 g/mol. The molecular weight excluding hydrogens is 342 g/mol. The van der Waals surface area contributed by atoms with Gasteiger partial charge < -0.3 is 10.1 Å². The first kappa shape index (κ1) is 15.5. The molecule has 0 atom stereocenters. The van der Waals surface area contributed by atoms with Crippen LogP contribution in [0.2, 0.25) is 0 Å². The molecule has 0 amide bonds. The zero-order chi connectivity index (χ0) is 17.6. The van der Waals surface area contributed by atoms with Crippen LogP contribution in [0.15, 0.2) is 21.0 Å². The molecule has 0 spiro atoms. The predicted molar refractivity (Wildman–Crippen MR) is 89.9 cm³/mol. The molecule has 1 aliphatic rings. The maximum Gasteiger partial charge on any atom is 0.326 e. The molecule has 3 N–H and O–H groups in total. The maximum absolute atomic E-state index is 11.3. The molecule has 4 rings (SSSR count). The third-order valence-electron chi connectivity index (χ3n) is 3.81. The van der Waals surface area contributed by atoms with Gasteiger partial charge in [0.05, 0.1) is 12.2 Å². The van der Waals surface area contributed by atoms with Crippen molar-refractivity contribution >= 4 is 23.5 Å². The predicted octanol–water partition coefficient (Wildman–Crippen LogP) is -0.344. The highest BCUT2D eigenvalue weighted by Crippen LogP contribution is 2.23. The normalized spacial score (nSPS) is 15.8. The number of H-pyrrole nitrogens is 2. The molecule has 0 unspecified atom stereocenters. The Labute approximate surface area is 144 Å². The summed E-state index contributed by atoms with van der Waals surface area (Å²) in [6.07, 6.45) is 6.98. The van der Waals surface area contributed by atoms with Gasteiger partial charge in [0.25, 0.3) is 0 Å². The van der Waals surface area contributed by atoms with Crippen molar-refractivity contribution in [1.29, 1.82) is 5.26 Å². The van der Waals surface area contributed by atoms with Crippen LogP contribution in [0, 0.1) is 11.3 Å². The van der Waals surface area contributed by atoms with Crippen LogP contribution in [0.3, 0.4) is 0 Å². The Hall–Kier alpha value is -3.06. The molecule has 126 valence electrons. The highest BCUT2D eigenvalue weighted by atomic mass is 32.2. The van der Waals surface area contributed by atoms with E-state index in [1.165, 1.54) is 16.3 Å². The Morgan fingerprint density at radius 1 is 1.52 bits per heavy atom. The van der Waals surface area contributed by atoms with Gasteiger partial charge in [0.2, 0.25) is 5.88 Å². The number of aromatic amines is 2. The summed E-state index contributed by atoms with van der Waals surface area (Å²) in [4.78, 5) is 25.2. The van der Waals surface area contributed by atoms with Gasteiger partial charge in [0.15, 0.2) is 11.1 Å². The minimum atomic E-state index is -0.505. The summed E-state index contributed by atoms with van der Waals surface area (Å²) in [5, 5.41) is 24.7. The number of imidazole rings is 1. The molecule has 10 heteroatoms. The lowest BCUT2D eigenvalue weighted by atomic mass is 10.3. The van der Waals surface area contributed by atoms with Crippen LogP contribution >= 0.6 is 11.8 Å². The van der Waals surface area contributed by atoms with Crippen LogP contribution in [0.4, 0.5) is 0 Å². The van der Waals surface area contributed by atoms with Crippen molar-refractivity contribution in [1.82, 2.24) is 24.6 Å². The fourth-order valence-electron chi connectivity index (χ4n) is 2.47. The van der Waals surface area contributed by atoms with Crippen molar-refractivity contribution < 1.29 is 5.11 Å². The van der Waals surface area contributed by atoms with E-state index in [2.05, 4.69) is 31.1 Å². The Balaban J connectivity index is 2.06. The van der Waals surface area contributed by atoms with E-state index in [4.69, 9.17) is 0 Å². The second-order valence-electron chi connectivity index (χ2n) is 5.61. The van der Waals surface area contributed by atoms with Gasteiger partial charge in [-0.25, -0.2) is 9.78 Å². The Bertz CT molecular complexity index is 1190. The molecule has 0 radical (unpaired) electrons. The Morgan fingerprint density at radius 3 is 2.92 bits per heavy atom. The lowest BCUT2D eigenvalue weighted by molar-refractivity contribution is 0.454. The van der Waals surface area contributed by atoms with E-state index >= 15 is 0 Å². The van der Waals surface area contributed by atoms with E-state index < -0.39 is 5.69 Å². The molecule has 1 aliphatic carbocycles. The molecule has 3 heterocycles. The lowest BCUT2D eigenvalue weighted by Gasteiger charge is -2.02. The van der Waals surface area contributed by atoms with E-state index in [0.29, 0.717) is 26.9 Å². The maximum atomic E-state index is 11.3. The number of hydrogen-bond acceptors (Lipinski definition) is 7. The summed E-state index contributed by atoms with van der Waals surface area (Å²) in [6.45, 7) is 0. The van der Waals surface area contributed by atoms with Crippen LogP contribution in [0.25, 0.3) is 11.7 Å². The highest BCUT2D eigenvalue weighted by Gasteiger charge is 2.22. The lowest BCUT2D eigenvalue weighted by Crippen LogP contribution is -2.23. The van der Waals surface area contributed by atoms with E-state index in [1.807, 2.05) is 6.26 Å². The number of fused-ring (bicyclic) bond motifs is 1.